The molecule has 4 heteroatoms. The van der Waals surface area contributed by atoms with Crippen molar-refractivity contribution in [2.75, 3.05) is 13.9 Å². The molecule has 0 aliphatic heterocycles. The lowest BCUT2D eigenvalue weighted by atomic mass is 10.3. The Labute approximate surface area is 60.5 Å². The number of amides is 1. The van der Waals surface area contributed by atoms with Crippen molar-refractivity contribution in [3.8, 4) is 0 Å². The molecule has 0 aliphatic carbocycles. The second-order valence-corrected chi connectivity index (χ2v) is 1.83. The highest BCUT2D eigenvalue weighted by Crippen LogP contribution is 1.84. The number of carbonyl (C=O) groups is 1. The average Bonchev–Trinajstić information content (AvgIpc) is 1.89. The standard InChI is InChI=1S/C6H13NO3/c1-3-4-6(8)7-10-5-9-2/h3-5H2,1-2H3,(H,7,8). The fraction of sp³-hybridized carbons (Fsp3) is 0.833. The molecule has 60 valence electrons. The van der Waals surface area contributed by atoms with Crippen LogP contribution in [0, 0.1) is 0 Å². The SMILES string of the molecule is CCCC(=O)NOCOC. The van der Waals surface area contributed by atoms with Gasteiger partial charge in [0.2, 0.25) is 5.91 Å². The molecule has 0 aromatic rings. The Hall–Kier alpha value is -0.610. The summed E-state index contributed by atoms with van der Waals surface area (Å²) in [7, 11) is 1.49. The van der Waals surface area contributed by atoms with Gasteiger partial charge in [-0.25, -0.2) is 10.3 Å². The summed E-state index contributed by atoms with van der Waals surface area (Å²) >= 11 is 0. The van der Waals surface area contributed by atoms with Crippen LogP contribution in [0.1, 0.15) is 19.8 Å². The normalized spacial score (nSPS) is 9.40. The summed E-state index contributed by atoms with van der Waals surface area (Å²) in [6.07, 6.45) is 1.31. The molecule has 0 radical (unpaired) electrons. The van der Waals surface area contributed by atoms with Crippen molar-refractivity contribution >= 4 is 5.91 Å². The van der Waals surface area contributed by atoms with E-state index in [2.05, 4.69) is 15.1 Å². The minimum absolute atomic E-state index is 0.0927. The van der Waals surface area contributed by atoms with Gasteiger partial charge in [-0.2, -0.15) is 0 Å². The number of hydrogen-bond acceptors (Lipinski definition) is 3. The van der Waals surface area contributed by atoms with Crippen LogP contribution in [0.3, 0.4) is 0 Å². The van der Waals surface area contributed by atoms with Gasteiger partial charge in [0.05, 0.1) is 0 Å². The van der Waals surface area contributed by atoms with Crippen molar-refractivity contribution in [2.45, 2.75) is 19.8 Å². The molecule has 0 bridgehead atoms. The quantitative estimate of drug-likeness (QED) is 0.348. The average molecular weight is 147 g/mol. The van der Waals surface area contributed by atoms with Gasteiger partial charge in [-0.3, -0.25) is 4.79 Å². The molecular weight excluding hydrogens is 134 g/mol. The van der Waals surface area contributed by atoms with Crippen molar-refractivity contribution in [3.63, 3.8) is 0 Å². The van der Waals surface area contributed by atoms with Crippen molar-refractivity contribution in [1.82, 2.24) is 5.48 Å². The van der Waals surface area contributed by atoms with Crippen LogP contribution in [0.15, 0.2) is 0 Å². The van der Waals surface area contributed by atoms with Gasteiger partial charge in [0.25, 0.3) is 0 Å². The number of nitrogens with one attached hydrogen (secondary N) is 1. The molecule has 0 heterocycles. The molecular formula is C6H13NO3. The number of rotatable bonds is 5. The molecule has 0 aromatic heterocycles. The van der Waals surface area contributed by atoms with Crippen LogP contribution < -0.4 is 5.48 Å². The summed E-state index contributed by atoms with van der Waals surface area (Å²) in [5, 5.41) is 0. The Morgan fingerprint density at radius 2 is 2.30 bits per heavy atom. The molecule has 0 fully saturated rings. The second-order valence-electron chi connectivity index (χ2n) is 1.83. The maximum Gasteiger partial charge on any atom is 0.243 e. The topological polar surface area (TPSA) is 47.6 Å². The molecule has 0 aromatic carbocycles. The minimum atomic E-state index is -0.112. The largest absolute Gasteiger partial charge is 0.356 e. The van der Waals surface area contributed by atoms with Crippen molar-refractivity contribution in [1.29, 1.82) is 0 Å². The molecule has 0 saturated heterocycles. The van der Waals surface area contributed by atoms with E-state index in [1.165, 1.54) is 7.11 Å². The van der Waals surface area contributed by atoms with Crippen molar-refractivity contribution in [2.24, 2.45) is 0 Å². The van der Waals surface area contributed by atoms with Crippen LogP contribution in [-0.4, -0.2) is 19.8 Å². The third kappa shape index (κ3) is 5.53. The molecule has 4 nitrogen and oxygen atoms in total. The first-order chi connectivity index (χ1) is 4.81. The van der Waals surface area contributed by atoms with Gasteiger partial charge >= 0.3 is 0 Å². The van der Waals surface area contributed by atoms with Crippen LogP contribution in [0.5, 0.6) is 0 Å². The zero-order valence-electron chi connectivity index (χ0n) is 6.35. The van der Waals surface area contributed by atoms with E-state index >= 15 is 0 Å². The molecule has 0 atom stereocenters. The van der Waals surface area contributed by atoms with E-state index in [0.717, 1.165) is 6.42 Å². The molecule has 0 rings (SSSR count). The van der Waals surface area contributed by atoms with Crippen molar-refractivity contribution < 1.29 is 14.4 Å². The van der Waals surface area contributed by atoms with Gasteiger partial charge in [-0.1, -0.05) is 6.92 Å². The van der Waals surface area contributed by atoms with Gasteiger partial charge in [0.15, 0.2) is 6.79 Å². The zero-order valence-corrected chi connectivity index (χ0v) is 6.35. The maximum absolute atomic E-state index is 10.6. The van der Waals surface area contributed by atoms with Crippen LogP contribution in [0.25, 0.3) is 0 Å². The van der Waals surface area contributed by atoms with Gasteiger partial charge in [0.1, 0.15) is 0 Å². The van der Waals surface area contributed by atoms with Crippen LogP contribution in [-0.2, 0) is 14.4 Å². The van der Waals surface area contributed by atoms with E-state index in [1.54, 1.807) is 0 Å². The van der Waals surface area contributed by atoms with Gasteiger partial charge in [-0.05, 0) is 6.42 Å². The Morgan fingerprint density at radius 3 is 2.80 bits per heavy atom. The summed E-state index contributed by atoms with van der Waals surface area (Å²) in [6.45, 7) is 2.02. The number of ether oxygens (including phenoxy) is 1. The third-order valence-electron chi connectivity index (χ3n) is 0.840. The predicted molar refractivity (Wildman–Crippen MR) is 36.0 cm³/mol. The molecule has 1 amide bonds. The highest BCUT2D eigenvalue weighted by Gasteiger charge is 1.96. The summed E-state index contributed by atoms with van der Waals surface area (Å²) in [5.74, 6) is -0.112. The highest BCUT2D eigenvalue weighted by atomic mass is 16.8. The Kier molecular flexibility index (Phi) is 6.11. The molecule has 0 unspecified atom stereocenters. The molecule has 10 heavy (non-hydrogen) atoms. The minimum Gasteiger partial charge on any atom is -0.356 e. The van der Waals surface area contributed by atoms with Gasteiger partial charge in [0, 0.05) is 13.5 Å². The van der Waals surface area contributed by atoms with E-state index in [0.29, 0.717) is 6.42 Å². The van der Waals surface area contributed by atoms with E-state index in [4.69, 9.17) is 0 Å². The number of methoxy groups -OCH3 is 1. The molecule has 0 spiro atoms. The third-order valence-corrected chi connectivity index (χ3v) is 0.840. The molecule has 0 saturated carbocycles. The van der Waals surface area contributed by atoms with Gasteiger partial charge in [-0.15, -0.1) is 0 Å². The lowest BCUT2D eigenvalue weighted by molar-refractivity contribution is -0.144. The van der Waals surface area contributed by atoms with E-state index in [-0.39, 0.29) is 12.7 Å². The number of carbonyl (C=O) groups excluding carboxylic acids is 1. The maximum atomic E-state index is 10.6. The highest BCUT2D eigenvalue weighted by molar-refractivity contribution is 5.74. The predicted octanol–water partition coefficient (Wildman–Crippen LogP) is 0.438. The van der Waals surface area contributed by atoms with Crippen molar-refractivity contribution in [3.05, 3.63) is 0 Å². The van der Waals surface area contributed by atoms with Crippen LogP contribution in [0.4, 0.5) is 0 Å². The first kappa shape index (κ1) is 9.39. The lowest BCUT2D eigenvalue weighted by Gasteiger charge is -2.02. The Morgan fingerprint density at radius 1 is 1.60 bits per heavy atom. The Balaban J connectivity index is 3.05. The fourth-order valence-electron chi connectivity index (χ4n) is 0.447. The summed E-state index contributed by atoms with van der Waals surface area (Å²) in [4.78, 5) is 15.2. The zero-order chi connectivity index (χ0) is 7.82. The lowest BCUT2D eigenvalue weighted by Crippen LogP contribution is -2.23. The fourth-order valence-corrected chi connectivity index (χ4v) is 0.447. The van der Waals surface area contributed by atoms with Crippen LogP contribution >= 0.6 is 0 Å². The first-order valence-corrected chi connectivity index (χ1v) is 3.20. The molecule has 0 aliphatic rings. The first-order valence-electron chi connectivity index (χ1n) is 3.20. The number of hydrogen-bond donors (Lipinski definition) is 1. The monoisotopic (exact) mass is 147 g/mol. The summed E-state index contributed by atoms with van der Waals surface area (Å²) in [6, 6.07) is 0. The van der Waals surface area contributed by atoms with E-state index in [9.17, 15) is 4.79 Å². The summed E-state index contributed by atoms with van der Waals surface area (Å²) in [5.41, 5.74) is 2.22. The second kappa shape index (κ2) is 6.51. The van der Waals surface area contributed by atoms with Gasteiger partial charge < -0.3 is 4.74 Å². The number of hydroxylamine groups is 1. The van der Waals surface area contributed by atoms with E-state index in [1.807, 2.05) is 6.92 Å². The Bertz CT molecular complexity index is 95.0. The molecule has 1 N–H and O–H groups in total. The summed E-state index contributed by atoms with van der Waals surface area (Å²) < 4.78 is 4.53. The van der Waals surface area contributed by atoms with Crippen LogP contribution in [0.2, 0.25) is 0 Å². The van der Waals surface area contributed by atoms with E-state index < -0.39 is 0 Å². The smallest absolute Gasteiger partial charge is 0.243 e.